The molecule has 0 aliphatic rings. The van der Waals surface area contributed by atoms with Gasteiger partial charge in [0.2, 0.25) is 0 Å². The molecule has 0 bridgehead atoms. The van der Waals surface area contributed by atoms with E-state index in [0.717, 1.165) is 35.5 Å². The highest BCUT2D eigenvalue weighted by Gasteiger charge is 2.15. The molecular formula is C13H16N2O2. The van der Waals surface area contributed by atoms with Gasteiger partial charge in [0, 0.05) is 6.42 Å². The molecule has 0 saturated carbocycles. The molecule has 1 aromatic carbocycles. The molecule has 0 aliphatic carbocycles. The average molecular weight is 232 g/mol. The number of anilines is 1. The van der Waals surface area contributed by atoms with Crippen LogP contribution in [0.5, 0.6) is 5.75 Å². The fraction of sp³-hybridized carbons (Fsp3) is 0.308. The molecule has 2 N–H and O–H groups in total. The second kappa shape index (κ2) is 4.91. The third-order valence-electron chi connectivity index (χ3n) is 2.62. The molecule has 90 valence electrons. The van der Waals surface area contributed by atoms with Gasteiger partial charge in [-0.2, -0.15) is 0 Å². The summed E-state index contributed by atoms with van der Waals surface area (Å²) >= 11 is 0. The SMILES string of the molecule is CCCc1onc(N)c1-c1cccc(OC)c1. The van der Waals surface area contributed by atoms with Gasteiger partial charge in [-0.1, -0.05) is 24.2 Å². The number of aromatic nitrogens is 1. The number of benzene rings is 1. The number of nitrogen functional groups attached to an aromatic ring is 1. The quantitative estimate of drug-likeness (QED) is 0.880. The maximum Gasteiger partial charge on any atom is 0.175 e. The predicted octanol–water partition coefficient (Wildman–Crippen LogP) is 2.88. The molecule has 0 unspecified atom stereocenters. The maximum absolute atomic E-state index is 5.85. The third kappa shape index (κ3) is 2.25. The van der Waals surface area contributed by atoms with Crippen molar-refractivity contribution < 1.29 is 9.26 Å². The van der Waals surface area contributed by atoms with Crippen molar-refractivity contribution in [3.8, 4) is 16.9 Å². The van der Waals surface area contributed by atoms with Crippen LogP contribution in [0.4, 0.5) is 5.82 Å². The minimum atomic E-state index is 0.432. The highest BCUT2D eigenvalue weighted by Crippen LogP contribution is 2.32. The summed E-state index contributed by atoms with van der Waals surface area (Å²) in [5, 5.41) is 3.83. The van der Waals surface area contributed by atoms with E-state index in [9.17, 15) is 0 Å². The Morgan fingerprint density at radius 1 is 1.41 bits per heavy atom. The summed E-state index contributed by atoms with van der Waals surface area (Å²) < 4.78 is 10.4. The van der Waals surface area contributed by atoms with Crippen LogP contribution in [0.3, 0.4) is 0 Å². The van der Waals surface area contributed by atoms with E-state index in [0.29, 0.717) is 5.82 Å². The van der Waals surface area contributed by atoms with Crippen LogP contribution in [0.2, 0.25) is 0 Å². The highest BCUT2D eigenvalue weighted by molar-refractivity contribution is 5.76. The molecule has 0 aliphatic heterocycles. The maximum atomic E-state index is 5.85. The molecular weight excluding hydrogens is 216 g/mol. The van der Waals surface area contributed by atoms with E-state index in [2.05, 4.69) is 12.1 Å². The first-order chi connectivity index (χ1) is 8.26. The van der Waals surface area contributed by atoms with Crippen molar-refractivity contribution in [3.05, 3.63) is 30.0 Å². The van der Waals surface area contributed by atoms with Crippen LogP contribution < -0.4 is 10.5 Å². The Morgan fingerprint density at radius 3 is 2.94 bits per heavy atom. The lowest BCUT2D eigenvalue weighted by Gasteiger charge is -2.04. The van der Waals surface area contributed by atoms with Gasteiger partial charge in [0.25, 0.3) is 0 Å². The zero-order valence-corrected chi connectivity index (χ0v) is 10.1. The summed E-state index contributed by atoms with van der Waals surface area (Å²) in [6.07, 6.45) is 1.82. The summed E-state index contributed by atoms with van der Waals surface area (Å²) in [5.41, 5.74) is 7.71. The smallest absolute Gasteiger partial charge is 0.175 e. The van der Waals surface area contributed by atoms with E-state index >= 15 is 0 Å². The van der Waals surface area contributed by atoms with Crippen molar-refractivity contribution in [1.82, 2.24) is 5.16 Å². The first kappa shape index (κ1) is 11.5. The fourth-order valence-corrected chi connectivity index (χ4v) is 1.82. The third-order valence-corrected chi connectivity index (χ3v) is 2.62. The number of rotatable bonds is 4. The Balaban J connectivity index is 2.47. The zero-order chi connectivity index (χ0) is 12.3. The molecule has 2 rings (SSSR count). The molecule has 0 atom stereocenters. The lowest BCUT2D eigenvalue weighted by Crippen LogP contribution is -1.91. The molecule has 0 radical (unpaired) electrons. The summed E-state index contributed by atoms with van der Waals surface area (Å²) in [4.78, 5) is 0. The first-order valence-electron chi connectivity index (χ1n) is 5.64. The van der Waals surface area contributed by atoms with Crippen LogP contribution in [0.15, 0.2) is 28.8 Å². The first-order valence-corrected chi connectivity index (χ1v) is 5.64. The predicted molar refractivity (Wildman–Crippen MR) is 66.9 cm³/mol. The summed E-state index contributed by atoms with van der Waals surface area (Å²) in [6.45, 7) is 2.09. The summed E-state index contributed by atoms with van der Waals surface area (Å²) in [6, 6.07) is 7.73. The van der Waals surface area contributed by atoms with Crippen molar-refractivity contribution in [1.29, 1.82) is 0 Å². The van der Waals surface area contributed by atoms with E-state index in [1.54, 1.807) is 7.11 Å². The van der Waals surface area contributed by atoms with Gasteiger partial charge in [-0.3, -0.25) is 0 Å². The Labute approximate surface area is 100 Å². The summed E-state index contributed by atoms with van der Waals surface area (Å²) in [5.74, 6) is 2.06. The molecule has 4 nitrogen and oxygen atoms in total. The molecule has 0 spiro atoms. The van der Waals surface area contributed by atoms with E-state index in [1.165, 1.54) is 0 Å². The van der Waals surface area contributed by atoms with Gasteiger partial charge in [-0.15, -0.1) is 0 Å². The van der Waals surface area contributed by atoms with Gasteiger partial charge >= 0.3 is 0 Å². The van der Waals surface area contributed by atoms with Crippen LogP contribution >= 0.6 is 0 Å². The number of methoxy groups -OCH3 is 1. The Morgan fingerprint density at radius 2 is 2.24 bits per heavy atom. The molecule has 1 aromatic heterocycles. The highest BCUT2D eigenvalue weighted by atomic mass is 16.5. The number of hydrogen-bond acceptors (Lipinski definition) is 4. The van der Waals surface area contributed by atoms with E-state index in [-0.39, 0.29) is 0 Å². The minimum absolute atomic E-state index is 0.432. The molecule has 0 fully saturated rings. The van der Waals surface area contributed by atoms with Crippen molar-refractivity contribution in [2.45, 2.75) is 19.8 Å². The van der Waals surface area contributed by atoms with Crippen LogP contribution in [0.25, 0.3) is 11.1 Å². The summed E-state index contributed by atoms with van der Waals surface area (Å²) in [7, 11) is 1.64. The fourth-order valence-electron chi connectivity index (χ4n) is 1.82. The topological polar surface area (TPSA) is 61.3 Å². The largest absolute Gasteiger partial charge is 0.497 e. The van der Waals surface area contributed by atoms with E-state index in [1.807, 2.05) is 24.3 Å². The average Bonchev–Trinajstić information content (AvgIpc) is 2.71. The number of hydrogen-bond donors (Lipinski definition) is 1. The lowest BCUT2D eigenvalue weighted by atomic mass is 10.0. The standard InChI is InChI=1S/C13H16N2O2/c1-3-5-11-12(13(14)15-17-11)9-6-4-7-10(8-9)16-2/h4,6-8H,3,5H2,1-2H3,(H2,14,15). The van der Waals surface area contributed by atoms with Gasteiger partial charge < -0.3 is 15.0 Å². The van der Waals surface area contributed by atoms with Crippen LogP contribution in [0.1, 0.15) is 19.1 Å². The molecule has 0 amide bonds. The van der Waals surface area contributed by atoms with Crippen molar-refractivity contribution in [2.75, 3.05) is 12.8 Å². The van der Waals surface area contributed by atoms with Crippen molar-refractivity contribution in [3.63, 3.8) is 0 Å². The van der Waals surface area contributed by atoms with E-state index < -0.39 is 0 Å². The number of aryl methyl sites for hydroxylation is 1. The van der Waals surface area contributed by atoms with Crippen LogP contribution in [-0.2, 0) is 6.42 Å². The second-order valence-corrected chi connectivity index (χ2v) is 3.85. The molecule has 17 heavy (non-hydrogen) atoms. The Hall–Kier alpha value is -1.97. The van der Waals surface area contributed by atoms with E-state index in [4.69, 9.17) is 15.0 Å². The van der Waals surface area contributed by atoms with Crippen LogP contribution in [-0.4, -0.2) is 12.3 Å². The molecule has 0 saturated heterocycles. The molecule has 2 aromatic rings. The van der Waals surface area contributed by atoms with Crippen molar-refractivity contribution in [2.24, 2.45) is 0 Å². The minimum Gasteiger partial charge on any atom is -0.497 e. The van der Waals surface area contributed by atoms with Crippen LogP contribution in [0, 0.1) is 0 Å². The Kier molecular flexibility index (Phi) is 3.32. The lowest BCUT2D eigenvalue weighted by molar-refractivity contribution is 0.385. The van der Waals surface area contributed by atoms with Gasteiger partial charge in [0.15, 0.2) is 5.82 Å². The molecule has 1 heterocycles. The normalized spacial score (nSPS) is 10.5. The Bertz CT molecular complexity index is 506. The zero-order valence-electron chi connectivity index (χ0n) is 10.1. The number of nitrogens with two attached hydrogens (primary N) is 1. The monoisotopic (exact) mass is 232 g/mol. The van der Waals surface area contributed by atoms with Gasteiger partial charge in [0.1, 0.15) is 11.5 Å². The second-order valence-electron chi connectivity index (χ2n) is 3.85. The van der Waals surface area contributed by atoms with Crippen molar-refractivity contribution >= 4 is 5.82 Å². The van der Waals surface area contributed by atoms with Gasteiger partial charge in [-0.05, 0) is 24.1 Å². The van der Waals surface area contributed by atoms with Gasteiger partial charge in [-0.25, -0.2) is 0 Å². The molecule has 4 heteroatoms. The number of ether oxygens (including phenoxy) is 1. The number of nitrogens with zero attached hydrogens (tertiary/aromatic N) is 1. The van der Waals surface area contributed by atoms with Gasteiger partial charge in [0.05, 0.1) is 12.7 Å².